The molecule has 3 aromatic carbocycles. The molecule has 1 amide bonds. The molecule has 6 heteroatoms. The second kappa shape index (κ2) is 9.32. The normalized spacial score (nSPS) is 10.6. The van der Waals surface area contributed by atoms with Crippen LogP contribution in [-0.4, -0.2) is 19.2 Å². The summed E-state index contributed by atoms with van der Waals surface area (Å²) in [5.74, 6) is 0.690. The van der Waals surface area contributed by atoms with Crippen molar-refractivity contribution in [2.45, 2.75) is 6.61 Å². The number of carbonyl (C=O) groups is 1. The Morgan fingerprint density at radius 2 is 1.79 bits per heavy atom. The molecule has 0 saturated heterocycles. The van der Waals surface area contributed by atoms with E-state index in [0.717, 1.165) is 11.1 Å². The van der Waals surface area contributed by atoms with Crippen LogP contribution in [0.15, 0.2) is 77.9 Å². The van der Waals surface area contributed by atoms with E-state index in [4.69, 9.17) is 9.47 Å². The number of nitrogens with zero attached hydrogens (tertiary/aromatic N) is 1. The maximum absolute atomic E-state index is 12.9. The predicted molar refractivity (Wildman–Crippen MR) is 105 cm³/mol. The van der Waals surface area contributed by atoms with Gasteiger partial charge in [0.15, 0.2) is 0 Å². The highest BCUT2D eigenvalue weighted by Crippen LogP contribution is 2.14. The number of hydrogen-bond acceptors (Lipinski definition) is 4. The number of carbonyl (C=O) groups excluding carboxylic acids is 1. The van der Waals surface area contributed by atoms with Gasteiger partial charge in [-0.05, 0) is 65.7 Å². The van der Waals surface area contributed by atoms with E-state index >= 15 is 0 Å². The largest absolute Gasteiger partial charge is 0.497 e. The van der Waals surface area contributed by atoms with E-state index < -0.39 is 0 Å². The molecular weight excluding hydrogens is 359 g/mol. The van der Waals surface area contributed by atoms with Crippen LogP contribution in [0.5, 0.6) is 11.5 Å². The molecule has 142 valence electrons. The zero-order valence-electron chi connectivity index (χ0n) is 15.3. The molecule has 0 spiro atoms. The van der Waals surface area contributed by atoms with Gasteiger partial charge in [-0.1, -0.05) is 18.2 Å². The quantitative estimate of drug-likeness (QED) is 0.496. The Bertz CT molecular complexity index is 954. The highest BCUT2D eigenvalue weighted by molar-refractivity contribution is 5.95. The van der Waals surface area contributed by atoms with Crippen LogP contribution in [0.25, 0.3) is 0 Å². The number of methoxy groups -OCH3 is 1. The SMILES string of the molecule is COc1cccc(C(=O)N/N=C\c2ccc(OCc3ccc(F)cc3)cc2)c1. The standard InChI is InChI=1S/C22H19FN2O3/c1-27-21-4-2-3-18(13-21)22(26)25-24-14-16-7-11-20(12-8-16)28-15-17-5-9-19(23)10-6-17/h2-14H,15H2,1H3,(H,25,26)/b24-14-. The first-order chi connectivity index (χ1) is 13.6. The zero-order valence-corrected chi connectivity index (χ0v) is 15.3. The summed E-state index contributed by atoms with van der Waals surface area (Å²) >= 11 is 0. The molecule has 0 aromatic heterocycles. The zero-order chi connectivity index (χ0) is 19.8. The molecule has 0 fully saturated rings. The van der Waals surface area contributed by atoms with E-state index in [2.05, 4.69) is 10.5 Å². The van der Waals surface area contributed by atoms with Crippen LogP contribution in [0, 0.1) is 5.82 Å². The van der Waals surface area contributed by atoms with Crippen LogP contribution in [0.3, 0.4) is 0 Å². The van der Waals surface area contributed by atoms with E-state index in [0.29, 0.717) is 23.7 Å². The number of hydrogen-bond donors (Lipinski definition) is 1. The monoisotopic (exact) mass is 378 g/mol. The number of ether oxygens (including phenoxy) is 2. The summed E-state index contributed by atoms with van der Waals surface area (Å²) < 4.78 is 23.6. The van der Waals surface area contributed by atoms with Crippen molar-refractivity contribution in [2.24, 2.45) is 5.10 Å². The molecule has 3 rings (SSSR count). The second-order valence-corrected chi connectivity index (χ2v) is 5.92. The van der Waals surface area contributed by atoms with Gasteiger partial charge in [0.25, 0.3) is 5.91 Å². The molecule has 0 bridgehead atoms. The predicted octanol–water partition coefficient (Wildman–Crippen LogP) is 4.18. The molecule has 0 heterocycles. The van der Waals surface area contributed by atoms with Crippen LogP contribution < -0.4 is 14.9 Å². The van der Waals surface area contributed by atoms with Crippen LogP contribution in [0.1, 0.15) is 21.5 Å². The summed E-state index contributed by atoms with van der Waals surface area (Å²) in [5.41, 5.74) is 4.62. The Balaban J connectivity index is 1.51. The van der Waals surface area contributed by atoms with E-state index in [1.54, 1.807) is 61.9 Å². The van der Waals surface area contributed by atoms with Crippen molar-refractivity contribution >= 4 is 12.1 Å². The van der Waals surface area contributed by atoms with Crippen molar-refractivity contribution in [1.29, 1.82) is 0 Å². The molecule has 3 aromatic rings. The highest BCUT2D eigenvalue weighted by Gasteiger charge is 2.05. The number of rotatable bonds is 7. The first kappa shape index (κ1) is 19.1. The van der Waals surface area contributed by atoms with Gasteiger partial charge in [0.1, 0.15) is 23.9 Å². The third kappa shape index (κ3) is 5.41. The van der Waals surface area contributed by atoms with Crippen molar-refractivity contribution < 1.29 is 18.7 Å². The Morgan fingerprint density at radius 3 is 2.50 bits per heavy atom. The van der Waals surface area contributed by atoms with Gasteiger partial charge in [0.05, 0.1) is 13.3 Å². The molecule has 0 aliphatic heterocycles. The van der Waals surface area contributed by atoms with Gasteiger partial charge in [-0.25, -0.2) is 9.82 Å². The molecule has 28 heavy (non-hydrogen) atoms. The molecule has 0 radical (unpaired) electrons. The smallest absolute Gasteiger partial charge is 0.271 e. The Labute approximate surface area is 162 Å². The molecular formula is C22H19FN2O3. The minimum absolute atomic E-state index is 0.272. The van der Waals surface area contributed by atoms with Crippen LogP contribution in [0.4, 0.5) is 4.39 Å². The van der Waals surface area contributed by atoms with Crippen LogP contribution in [0.2, 0.25) is 0 Å². The number of nitrogens with one attached hydrogen (secondary N) is 1. The molecule has 5 nitrogen and oxygen atoms in total. The number of halogens is 1. The average Bonchev–Trinajstić information content (AvgIpc) is 2.74. The minimum atomic E-state index is -0.325. The molecule has 0 saturated carbocycles. The van der Waals surface area contributed by atoms with Crippen LogP contribution in [-0.2, 0) is 6.61 Å². The Hall–Kier alpha value is -3.67. The van der Waals surface area contributed by atoms with Gasteiger partial charge >= 0.3 is 0 Å². The van der Waals surface area contributed by atoms with E-state index in [1.165, 1.54) is 12.1 Å². The average molecular weight is 378 g/mol. The lowest BCUT2D eigenvalue weighted by atomic mass is 10.2. The second-order valence-electron chi connectivity index (χ2n) is 5.92. The van der Waals surface area contributed by atoms with E-state index in [9.17, 15) is 9.18 Å². The van der Waals surface area contributed by atoms with Gasteiger partial charge in [0, 0.05) is 5.56 Å². The Kier molecular flexibility index (Phi) is 6.36. The van der Waals surface area contributed by atoms with Crippen molar-refractivity contribution in [3.63, 3.8) is 0 Å². The lowest BCUT2D eigenvalue weighted by molar-refractivity contribution is 0.0955. The van der Waals surface area contributed by atoms with Crippen molar-refractivity contribution in [3.05, 3.63) is 95.3 Å². The van der Waals surface area contributed by atoms with Gasteiger partial charge in [-0.3, -0.25) is 4.79 Å². The lowest BCUT2D eigenvalue weighted by Gasteiger charge is -2.06. The fourth-order valence-electron chi connectivity index (χ4n) is 2.39. The summed E-state index contributed by atoms with van der Waals surface area (Å²) in [5, 5.41) is 3.96. The highest BCUT2D eigenvalue weighted by atomic mass is 19.1. The van der Waals surface area contributed by atoms with Gasteiger partial charge in [0.2, 0.25) is 0 Å². The van der Waals surface area contributed by atoms with E-state index in [1.807, 2.05) is 12.1 Å². The number of benzene rings is 3. The fraction of sp³-hybridized carbons (Fsp3) is 0.0909. The molecule has 0 aliphatic carbocycles. The van der Waals surface area contributed by atoms with Crippen molar-refractivity contribution in [3.8, 4) is 11.5 Å². The molecule has 0 atom stereocenters. The summed E-state index contributed by atoms with van der Waals surface area (Å²) in [4.78, 5) is 12.1. The molecule has 1 N–H and O–H groups in total. The third-order valence-electron chi connectivity index (χ3n) is 3.91. The first-order valence-corrected chi connectivity index (χ1v) is 8.59. The summed E-state index contributed by atoms with van der Waals surface area (Å²) in [7, 11) is 1.54. The summed E-state index contributed by atoms with van der Waals surface area (Å²) in [6.45, 7) is 0.351. The molecule has 0 unspecified atom stereocenters. The van der Waals surface area contributed by atoms with E-state index in [-0.39, 0.29) is 11.7 Å². The maximum atomic E-state index is 12.9. The lowest BCUT2D eigenvalue weighted by Crippen LogP contribution is -2.17. The van der Waals surface area contributed by atoms with Gasteiger partial charge < -0.3 is 9.47 Å². The Morgan fingerprint density at radius 1 is 1.04 bits per heavy atom. The van der Waals surface area contributed by atoms with Crippen molar-refractivity contribution in [1.82, 2.24) is 5.43 Å². The van der Waals surface area contributed by atoms with Gasteiger partial charge in [-0.2, -0.15) is 5.10 Å². The first-order valence-electron chi connectivity index (χ1n) is 8.59. The van der Waals surface area contributed by atoms with Gasteiger partial charge in [-0.15, -0.1) is 0 Å². The maximum Gasteiger partial charge on any atom is 0.271 e. The minimum Gasteiger partial charge on any atom is -0.497 e. The van der Waals surface area contributed by atoms with Crippen LogP contribution >= 0.6 is 0 Å². The summed E-state index contributed by atoms with van der Waals surface area (Å²) in [6, 6.07) is 20.2. The number of hydrazone groups is 1. The fourth-order valence-corrected chi connectivity index (χ4v) is 2.39. The number of amides is 1. The summed E-state index contributed by atoms with van der Waals surface area (Å²) in [6.07, 6.45) is 1.54. The topological polar surface area (TPSA) is 59.9 Å². The third-order valence-corrected chi connectivity index (χ3v) is 3.91. The molecule has 0 aliphatic rings. The van der Waals surface area contributed by atoms with Crippen molar-refractivity contribution in [2.75, 3.05) is 7.11 Å².